The fourth-order valence-corrected chi connectivity index (χ4v) is 5.29. The van der Waals surface area contributed by atoms with Gasteiger partial charge in [-0.05, 0) is 63.5 Å². The summed E-state index contributed by atoms with van der Waals surface area (Å²) in [6, 6.07) is 6.57. The van der Waals surface area contributed by atoms with Crippen molar-refractivity contribution in [3.05, 3.63) is 56.6 Å². The molecular formula is C22H28N2O2S. The van der Waals surface area contributed by atoms with Crippen molar-refractivity contribution in [2.75, 3.05) is 6.61 Å². The van der Waals surface area contributed by atoms with E-state index in [1.165, 1.54) is 34.4 Å². The van der Waals surface area contributed by atoms with Gasteiger partial charge in [-0.1, -0.05) is 23.8 Å². The average Bonchev–Trinajstić information content (AvgIpc) is 3.18. The summed E-state index contributed by atoms with van der Waals surface area (Å²) in [7, 11) is 0. The maximum Gasteiger partial charge on any atom is 0.348 e. The highest BCUT2D eigenvalue weighted by Crippen LogP contribution is 2.31. The van der Waals surface area contributed by atoms with Crippen molar-refractivity contribution >= 4 is 11.8 Å². The standard InChI is InChI=1S/C22H28N2O2S/c1-15-9-10-16(2)17(12-15)14-27-21-19-7-3-4-8-20(19)24(22(25)23-21)13-18-6-5-11-26-18/h9-10,12,18H,3-8,11,13-14H2,1-2H3. The molecule has 0 N–H and O–H groups in total. The SMILES string of the molecule is Cc1ccc(C)c(CSc2nc(=O)n(CC3CCCO3)c3c2CCCC3)c1. The third-order valence-electron chi connectivity index (χ3n) is 5.73. The monoisotopic (exact) mass is 384 g/mol. The highest BCUT2D eigenvalue weighted by atomic mass is 32.2. The lowest BCUT2D eigenvalue weighted by atomic mass is 9.97. The minimum atomic E-state index is -0.102. The summed E-state index contributed by atoms with van der Waals surface area (Å²) in [5.41, 5.74) is 6.31. The van der Waals surface area contributed by atoms with Crippen LogP contribution in [0, 0.1) is 13.8 Å². The smallest absolute Gasteiger partial charge is 0.348 e. The van der Waals surface area contributed by atoms with E-state index < -0.39 is 0 Å². The Balaban J connectivity index is 1.62. The Morgan fingerprint density at radius 1 is 1.22 bits per heavy atom. The van der Waals surface area contributed by atoms with Gasteiger partial charge in [0.2, 0.25) is 0 Å². The molecule has 4 rings (SSSR count). The molecule has 0 radical (unpaired) electrons. The Bertz CT molecular complexity index is 885. The second-order valence-electron chi connectivity index (χ2n) is 7.80. The topological polar surface area (TPSA) is 44.1 Å². The molecule has 1 aliphatic carbocycles. The minimum Gasteiger partial charge on any atom is -0.376 e. The molecule has 0 saturated carbocycles. The number of aryl methyl sites for hydroxylation is 2. The minimum absolute atomic E-state index is 0.102. The molecule has 1 aromatic carbocycles. The number of fused-ring (bicyclic) bond motifs is 1. The summed E-state index contributed by atoms with van der Waals surface area (Å²) in [6.45, 7) is 5.76. The van der Waals surface area contributed by atoms with E-state index in [9.17, 15) is 4.79 Å². The molecule has 4 nitrogen and oxygen atoms in total. The molecule has 0 amide bonds. The number of rotatable bonds is 5. The van der Waals surface area contributed by atoms with Crippen LogP contribution in [0.4, 0.5) is 0 Å². The first kappa shape index (κ1) is 18.8. The maximum atomic E-state index is 12.8. The molecule has 144 valence electrons. The van der Waals surface area contributed by atoms with Crippen LogP contribution in [0.3, 0.4) is 0 Å². The van der Waals surface area contributed by atoms with Crippen molar-refractivity contribution in [1.82, 2.24) is 9.55 Å². The van der Waals surface area contributed by atoms with Gasteiger partial charge in [0.25, 0.3) is 0 Å². The van der Waals surface area contributed by atoms with Crippen molar-refractivity contribution in [2.45, 2.75) is 75.8 Å². The van der Waals surface area contributed by atoms with Crippen LogP contribution in [0.15, 0.2) is 28.0 Å². The summed E-state index contributed by atoms with van der Waals surface area (Å²) >= 11 is 1.72. The lowest BCUT2D eigenvalue weighted by Crippen LogP contribution is -2.33. The van der Waals surface area contributed by atoms with Gasteiger partial charge in [-0.25, -0.2) is 4.79 Å². The van der Waals surface area contributed by atoms with Crippen LogP contribution in [0.2, 0.25) is 0 Å². The molecule has 2 aliphatic rings. The number of nitrogens with zero attached hydrogens (tertiary/aromatic N) is 2. The fourth-order valence-electron chi connectivity index (χ4n) is 4.15. The van der Waals surface area contributed by atoms with Crippen molar-refractivity contribution in [3.8, 4) is 0 Å². The summed E-state index contributed by atoms with van der Waals surface area (Å²) in [5, 5.41) is 0.944. The second-order valence-corrected chi connectivity index (χ2v) is 8.76. The lowest BCUT2D eigenvalue weighted by molar-refractivity contribution is 0.0947. The van der Waals surface area contributed by atoms with Crippen LogP contribution >= 0.6 is 11.8 Å². The zero-order valence-electron chi connectivity index (χ0n) is 16.3. The normalized spacial score (nSPS) is 19.3. The van der Waals surface area contributed by atoms with Crippen LogP contribution in [0.5, 0.6) is 0 Å². The van der Waals surface area contributed by atoms with Gasteiger partial charge in [0.1, 0.15) is 5.03 Å². The summed E-state index contributed by atoms with van der Waals surface area (Å²) in [4.78, 5) is 17.3. The van der Waals surface area contributed by atoms with Gasteiger partial charge < -0.3 is 4.74 Å². The molecule has 1 unspecified atom stereocenters. The molecule has 1 aromatic heterocycles. The second kappa shape index (κ2) is 8.19. The summed E-state index contributed by atoms with van der Waals surface area (Å²) < 4.78 is 7.68. The molecule has 1 saturated heterocycles. The van der Waals surface area contributed by atoms with E-state index in [1.54, 1.807) is 11.8 Å². The quantitative estimate of drug-likeness (QED) is 0.572. The van der Waals surface area contributed by atoms with E-state index in [0.29, 0.717) is 6.54 Å². The molecule has 27 heavy (non-hydrogen) atoms. The molecule has 2 aromatic rings. The van der Waals surface area contributed by atoms with E-state index in [0.717, 1.165) is 49.5 Å². The van der Waals surface area contributed by atoms with Crippen LogP contribution < -0.4 is 5.69 Å². The first-order valence-corrected chi connectivity index (χ1v) is 11.0. The Hall–Kier alpha value is -1.59. The van der Waals surface area contributed by atoms with Crippen LogP contribution in [-0.4, -0.2) is 22.3 Å². The number of aromatic nitrogens is 2. The van der Waals surface area contributed by atoms with E-state index in [2.05, 4.69) is 37.0 Å². The van der Waals surface area contributed by atoms with Crippen LogP contribution in [0.25, 0.3) is 0 Å². The predicted molar refractivity (Wildman–Crippen MR) is 110 cm³/mol. The molecule has 2 heterocycles. The molecule has 0 spiro atoms. The van der Waals surface area contributed by atoms with E-state index in [-0.39, 0.29) is 11.8 Å². The third kappa shape index (κ3) is 4.14. The van der Waals surface area contributed by atoms with Crippen LogP contribution in [-0.2, 0) is 29.9 Å². The molecule has 1 fully saturated rings. The molecule has 5 heteroatoms. The van der Waals surface area contributed by atoms with Gasteiger partial charge in [0.15, 0.2) is 0 Å². The summed E-state index contributed by atoms with van der Waals surface area (Å²) in [5.74, 6) is 0.863. The lowest BCUT2D eigenvalue weighted by Gasteiger charge is -2.24. The van der Waals surface area contributed by atoms with E-state index in [4.69, 9.17) is 4.74 Å². The van der Waals surface area contributed by atoms with Gasteiger partial charge >= 0.3 is 5.69 Å². The van der Waals surface area contributed by atoms with E-state index in [1.807, 2.05) is 4.57 Å². The van der Waals surface area contributed by atoms with Crippen molar-refractivity contribution in [2.24, 2.45) is 0 Å². The molecule has 0 bridgehead atoms. The van der Waals surface area contributed by atoms with E-state index >= 15 is 0 Å². The van der Waals surface area contributed by atoms with Gasteiger partial charge in [-0.3, -0.25) is 4.57 Å². The van der Waals surface area contributed by atoms with Crippen molar-refractivity contribution in [1.29, 1.82) is 0 Å². The number of benzene rings is 1. The number of hydrogen-bond donors (Lipinski definition) is 0. The zero-order chi connectivity index (χ0) is 18.8. The first-order valence-electron chi connectivity index (χ1n) is 10.0. The van der Waals surface area contributed by atoms with Crippen molar-refractivity contribution < 1.29 is 4.74 Å². The van der Waals surface area contributed by atoms with Crippen LogP contribution in [0.1, 0.15) is 53.6 Å². The maximum absolute atomic E-state index is 12.8. The predicted octanol–water partition coefficient (Wildman–Crippen LogP) is 4.21. The number of hydrogen-bond acceptors (Lipinski definition) is 4. The highest BCUT2D eigenvalue weighted by Gasteiger charge is 2.24. The largest absolute Gasteiger partial charge is 0.376 e. The summed E-state index contributed by atoms with van der Waals surface area (Å²) in [6.07, 6.45) is 6.67. The Kier molecular flexibility index (Phi) is 5.69. The Labute approximate surface area is 165 Å². The molecular weight excluding hydrogens is 356 g/mol. The van der Waals surface area contributed by atoms with Crippen molar-refractivity contribution in [3.63, 3.8) is 0 Å². The Morgan fingerprint density at radius 3 is 2.89 bits per heavy atom. The zero-order valence-corrected chi connectivity index (χ0v) is 17.1. The number of thioether (sulfide) groups is 1. The molecule has 1 aliphatic heterocycles. The fraction of sp³-hybridized carbons (Fsp3) is 0.545. The highest BCUT2D eigenvalue weighted by molar-refractivity contribution is 7.98. The first-order chi connectivity index (χ1) is 13.1. The number of ether oxygens (including phenoxy) is 1. The van der Waals surface area contributed by atoms with Gasteiger partial charge in [-0.15, -0.1) is 11.8 Å². The third-order valence-corrected chi connectivity index (χ3v) is 6.80. The van der Waals surface area contributed by atoms with Gasteiger partial charge in [-0.2, -0.15) is 4.98 Å². The Morgan fingerprint density at radius 2 is 2.07 bits per heavy atom. The average molecular weight is 385 g/mol. The van der Waals surface area contributed by atoms with Gasteiger partial charge in [0.05, 0.1) is 12.6 Å². The van der Waals surface area contributed by atoms with Gasteiger partial charge in [0, 0.05) is 23.6 Å². The molecule has 1 atom stereocenters.